The number of likely N-dealkylation sites (tertiary alicyclic amines) is 1. The molecule has 0 atom stereocenters. The highest BCUT2D eigenvalue weighted by Gasteiger charge is 2.27. The maximum absolute atomic E-state index is 11.8. The van der Waals surface area contributed by atoms with Crippen LogP contribution in [0.1, 0.15) is 24.6 Å². The van der Waals surface area contributed by atoms with Gasteiger partial charge < -0.3 is 9.64 Å². The van der Waals surface area contributed by atoms with E-state index in [1.165, 1.54) is 4.88 Å². The first-order chi connectivity index (χ1) is 9.20. The number of amides is 1. The zero-order chi connectivity index (χ0) is 13.7. The molecule has 0 bridgehead atoms. The van der Waals surface area contributed by atoms with Crippen LogP contribution in [0.25, 0.3) is 0 Å². The molecule has 1 aliphatic heterocycles. The van der Waals surface area contributed by atoms with Gasteiger partial charge >= 0.3 is 11.9 Å². The molecule has 1 aromatic rings. The molecule has 1 aromatic heterocycles. The van der Waals surface area contributed by atoms with Gasteiger partial charge in [-0.3, -0.25) is 4.79 Å². The fourth-order valence-electron chi connectivity index (χ4n) is 2.38. The molecule has 0 aromatic carbocycles. The van der Waals surface area contributed by atoms with Gasteiger partial charge in [0.1, 0.15) is 0 Å². The molecule has 19 heavy (non-hydrogen) atoms. The van der Waals surface area contributed by atoms with Gasteiger partial charge in [-0.1, -0.05) is 6.07 Å². The molecule has 0 saturated carbocycles. The number of hydrogen-bond acceptors (Lipinski definition) is 4. The third kappa shape index (κ3) is 3.80. The summed E-state index contributed by atoms with van der Waals surface area (Å²) < 4.78 is 4.74. The Hall–Kier alpha value is -1.36. The summed E-state index contributed by atoms with van der Waals surface area (Å²) in [6.07, 6.45) is 3.01. The number of piperidine rings is 1. The summed E-state index contributed by atoms with van der Waals surface area (Å²) >= 11 is 1.78. The quantitative estimate of drug-likeness (QED) is 0.629. The molecule has 104 valence electrons. The summed E-state index contributed by atoms with van der Waals surface area (Å²) in [5.74, 6) is -0.597. The minimum atomic E-state index is -0.723. The fourth-order valence-corrected chi connectivity index (χ4v) is 3.20. The average Bonchev–Trinajstić information content (AvgIpc) is 2.92. The molecular weight excluding hydrogens is 262 g/mol. The van der Waals surface area contributed by atoms with Gasteiger partial charge in [0.25, 0.3) is 0 Å². The second-order valence-electron chi connectivity index (χ2n) is 4.74. The van der Waals surface area contributed by atoms with Crippen molar-refractivity contribution >= 4 is 23.2 Å². The van der Waals surface area contributed by atoms with Gasteiger partial charge in [-0.25, -0.2) is 4.79 Å². The van der Waals surface area contributed by atoms with E-state index >= 15 is 0 Å². The van der Waals surface area contributed by atoms with Crippen molar-refractivity contribution < 1.29 is 14.3 Å². The van der Waals surface area contributed by atoms with Crippen molar-refractivity contribution in [1.82, 2.24) is 4.90 Å². The number of nitrogens with zero attached hydrogens (tertiary/aromatic N) is 1. The number of esters is 1. The van der Waals surface area contributed by atoms with E-state index in [1.54, 1.807) is 23.2 Å². The Kier molecular flexibility index (Phi) is 4.96. The van der Waals surface area contributed by atoms with Crippen LogP contribution >= 0.6 is 11.3 Å². The van der Waals surface area contributed by atoms with Crippen LogP contribution in [0.2, 0.25) is 0 Å². The van der Waals surface area contributed by atoms with Gasteiger partial charge in [0.2, 0.25) is 0 Å². The summed E-state index contributed by atoms with van der Waals surface area (Å²) in [6, 6.07) is 4.22. The smallest absolute Gasteiger partial charge is 0.397 e. The molecule has 0 unspecified atom stereocenters. The van der Waals surface area contributed by atoms with E-state index in [0.717, 1.165) is 19.3 Å². The Morgan fingerprint density at radius 3 is 2.74 bits per heavy atom. The zero-order valence-electron chi connectivity index (χ0n) is 11.1. The van der Waals surface area contributed by atoms with Crippen LogP contribution in [-0.2, 0) is 20.7 Å². The monoisotopic (exact) mass is 281 g/mol. The summed E-state index contributed by atoms with van der Waals surface area (Å²) in [5.41, 5.74) is 0. The SMILES string of the molecule is CCOC(=O)C(=O)N1CCC(Cc2cccs2)CC1. The first-order valence-corrected chi connectivity index (χ1v) is 7.57. The van der Waals surface area contributed by atoms with Crippen LogP contribution in [0, 0.1) is 5.92 Å². The molecule has 1 fully saturated rings. The van der Waals surface area contributed by atoms with E-state index in [2.05, 4.69) is 17.5 Å². The van der Waals surface area contributed by atoms with Crippen molar-refractivity contribution in [2.24, 2.45) is 5.92 Å². The van der Waals surface area contributed by atoms with E-state index in [0.29, 0.717) is 19.0 Å². The van der Waals surface area contributed by atoms with Gasteiger partial charge in [0, 0.05) is 18.0 Å². The van der Waals surface area contributed by atoms with Gasteiger partial charge in [-0.05, 0) is 43.6 Å². The number of ether oxygens (including phenoxy) is 1. The third-order valence-corrected chi connectivity index (χ3v) is 4.32. The lowest BCUT2D eigenvalue weighted by Gasteiger charge is -2.31. The lowest BCUT2D eigenvalue weighted by atomic mass is 9.93. The molecule has 4 nitrogen and oxygen atoms in total. The predicted molar refractivity (Wildman–Crippen MR) is 74.0 cm³/mol. The van der Waals surface area contributed by atoms with E-state index in [9.17, 15) is 9.59 Å². The number of thiophene rings is 1. The predicted octanol–water partition coefficient (Wildman–Crippen LogP) is 2.09. The molecule has 0 radical (unpaired) electrons. The number of carbonyl (C=O) groups excluding carboxylic acids is 2. The van der Waals surface area contributed by atoms with Crippen molar-refractivity contribution in [3.63, 3.8) is 0 Å². The number of carbonyl (C=O) groups is 2. The Balaban J connectivity index is 1.79. The molecule has 0 spiro atoms. The molecule has 2 rings (SSSR count). The third-order valence-electron chi connectivity index (χ3n) is 3.42. The summed E-state index contributed by atoms with van der Waals surface area (Å²) in [5, 5.41) is 2.09. The number of hydrogen-bond donors (Lipinski definition) is 0. The Labute approximate surface area is 117 Å². The van der Waals surface area contributed by atoms with Crippen molar-refractivity contribution in [3.05, 3.63) is 22.4 Å². The molecule has 0 aliphatic carbocycles. The minimum Gasteiger partial charge on any atom is -0.459 e. The van der Waals surface area contributed by atoms with Crippen molar-refractivity contribution in [2.45, 2.75) is 26.2 Å². The first-order valence-electron chi connectivity index (χ1n) is 6.69. The van der Waals surface area contributed by atoms with E-state index in [-0.39, 0.29) is 6.61 Å². The van der Waals surface area contributed by atoms with Gasteiger partial charge in [0.05, 0.1) is 6.61 Å². The molecule has 5 heteroatoms. The summed E-state index contributed by atoms with van der Waals surface area (Å²) in [6.45, 7) is 3.28. The largest absolute Gasteiger partial charge is 0.459 e. The zero-order valence-corrected chi connectivity index (χ0v) is 11.9. The van der Waals surface area contributed by atoms with E-state index < -0.39 is 11.9 Å². The first kappa shape index (κ1) is 14.1. The lowest BCUT2D eigenvalue weighted by molar-refractivity contribution is -0.160. The maximum atomic E-state index is 11.8. The Morgan fingerprint density at radius 2 is 2.16 bits per heavy atom. The van der Waals surface area contributed by atoms with Crippen LogP contribution in [0.15, 0.2) is 17.5 Å². The molecule has 0 N–H and O–H groups in total. The Morgan fingerprint density at radius 1 is 1.42 bits per heavy atom. The molecule has 2 heterocycles. The van der Waals surface area contributed by atoms with Crippen molar-refractivity contribution in [3.8, 4) is 0 Å². The van der Waals surface area contributed by atoms with E-state index in [4.69, 9.17) is 4.74 Å². The molecule has 1 saturated heterocycles. The Bertz CT molecular complexity index is 422. The second kappa shape index (κ2) is 6.70. The van der Waals surface area contributed by atoms with Gasteiger partial charge in [0.15, 0.2) is 0 Å². The summed E-state index contributed by atoms with van der Waals surface area (Å²) in [4.78, 5) is 26.1. The fraction of sp³-hybridized carbons (Fsp3) is 0.571. The standard InChI is InChI=1S/C14H19NO3S/c1-2-18-14(17)13(16)15-7-5-11(6-8-15)10-12-4-3-9-19-12/h3-4,9,11H,2,5-8,10H2,1H3. The molecular formula is C14H19NO3S. The number of rotatable bonds is 3. The highest BCUT2D eigenvalue weighted by molar-refractivity contribution is 7.09. The van der Waals surface area contributed by atoms with E-state index in [1.807, 2.05) is 0 Å². The van der Waals surface area contributed by atoms with Gasteiger partial charge in [-0.2, -0.15) is 0 Å². The maximum Gasteiger partial charge on any atom is 0.397 e. The van der Waals surface area contributed by atoms with Crippen LogP contribution in [0.3, 0.4) is 0 Å². The lowest BCUT2D eigenvalue weighted by Crippen LogP contribution is -2.43. The van der Waals surface area contributed by atoms with Crippen LogP contribution < -0.4 is 0 Å². The second-order valence-corrected chi connectivity index (χ2v) is 5.77. The van der Waals surface area contributed by atoms with Crippen LogP contribution in [0.5, 0.6) is 0 Å². The average molecular weight is 281 g/mol. The van der Waals surface area contributed by atoms with Crippen molar-refractivity contribution in [1.29, 1.82) is 0 Å². The highest BCUT2D eigenvalue weighted by atomic mass is 32.1. The van der Waals surface area contributed by atoms with Crippen LogP contribution in [-0.4, -0.2) is 36.5 Å². The summed E-state index contributed by atoms with van der Waals surface area (Å²) in [7, 11) is 0. The van der Waals surface area contributed by atoms with Gasteiger partial charge in [-0.15, -0.1) is 11.3 Å². The molecule has 1 amide bonds. The molecule has 1 aliphatic rings. The topological polar surface area (TPSA) is 46.6 Å². The van der Waals surface area contributed by atoms with Crippen LogP contribution in [0.4, 0.5) is 0 Å². The van der Waals surface area contributed by atoms with Crippen molar-refractivity contribution in [2.75, 3.05) is 19.7 Å². The highest BCUT2D eigenvalue weighted by Crippen LogP contribution is 2.23. The minimum absolute atomic E-state index is 0.249. The normalized spacial score (nSPS) is 16.4.